The molecule has 0 aliphatic carbocycles. The Labute approximate surface area is 132 Å². The summed E-state index contributed by atoms with van der Waals surface area (Å²) < 4.78 is 4.69. The standard InChI is InChI=1S/C17H15N3O3/c1-23-17(22)11-6-8-18-15(9-11)20-10-12-4-5-14(21)16-13(12)3-2-7-19-16/h2-9,21H,10H2,1H3,(H,18,20). The van der Waals surface area contributed by atoms with Gasteiger partial charge in [0.15, 0.2) is 0 Å². The van der Waals surface area contributed by atoms with Crippen LogP contribution >= 0.6 is 0 Å². The highest BCUT2D eigenvalue weighted by Crippen LogP contribution is 2.25. The molecule has 0 amide bonds. The first-order valence-electron chi connectivity index (χ1n) is 7.03. The number of phenols is 1. The number of hydrogen-bond donors (Lipinski definition) is 2. The van der Waals surface area contributed by atoms with Crippen LogP contribution in [0.15, 0.2) is 48.8 Å². The van der Waals surface area contributed by atoms with Gasteiger partial charge < -0.3 is 15.2 Å². The Morgan fingerprint density at radius 3 is 2.91 bits per heavy atom. The molecule has 6 nitrogen and oxygen atoms in total. The molecule has 0 saturated heterocycles. The third-order valence-corrected chi connectivity index (χ3v) is 3.48. The van der Waals surface area contributed by atoms with Crippen molar-refractivity contribution in [3.05, 3.63) is 59.9 Å². The molecule has 0 unspecified atom stereocenters. The topological polar surface area (TPSA) is 84.3 Å². The monoisotopic (exact) mass is 309 g/mol. The Hall–Kier alpha value is -3.15. The third-order valence-electron chi connectivity index (χ3n) is 3.48. The Kier molecular flexibility index (Phi) is 4.05. The van der Waals surface area contributed by atoms with Crippen molar-refractivity contribution < 1.29 is 14.6 Å². The minimum Gasteiger partial charge on any atom is -0.506 e. The molecule has 3 aromatic rings. The summed E-state index contributed by atoms with van der Waals surface area (Å²) in [6, 6.07) is 10.4. The summed E-state index contributed by atoms with van der Waals surface area (Å²) in [4.78, 5) is 19.9. The highest BCUT2D eigenvalue weighted by atomic mass is 16.5. The van der Waals surface area contributed by atoms with Crippen molar-refractivity contribution in [3.63, 3.8) is 0 Å². The first kappa shape index (κ1) is 14.8. The lowest BCUT2D eigenvalue weighted by Gasteiger charge is -2.10. The number of phenolic OH excluding ortho intramolecular Hbond substituents is 1. The lowest BCUT2D eigenvalue weighted by atomic mass is 10.1. The summed E-state index contributed by atoms with van der Waals surface area (Å²) in [5.41, 5.74) is 1.96. The number of fused-ring (bicyclic) bond motifs is 1. The third kappa shape index (κ3) is 3.06. The molecule has 0 fully saturated rings. The second-order valence-corrected chi connectivity index (χ2v) is 4.92. The second-order valence-electron chi connectivity index (χ2n) is 4.92. The maximum absolute atomic E-state index is 11.5. The van der Waals surface area contributed by atoms with Gasteiger partial charge in [0.2, 0.25) is 0 Å². The molecule has 0 saturated carbocycles. The number of nitrogens with one attached hydrogen (secondary N) is 1. The number of carbonyl (C=O) groups excluding carboxylic acids is 1. The molecule has 23 heavy (non-hydrogen) atoms. The van der Waals surface area contributed by atoms with Crippen LogP contribution in [0.1, 0.15) is 15.9 Å². The van der Waals surface area contributed by atoms with Gasteiger partial charge in [-0.25, -0.2) is 9.78 Å². The molecule has 0 bridgehead atoms. The largest absolute Gasteiger partial charge is 0.506 e. The van der Waals surface area contributed by atoms with Crippen LogP contribution in [-0.2, 0) is 11.3 Å². The fraction of sp³-hybridized carbons (Fsp3) is 0.118. The van der Waals surface area contributed by atoms with Crippen LogP contribution < -0.4 is 5.32 Å². The van der Waals surface area contributed by atoms with E-state index in [1.54, 1.807) is 30.6 Å². The first-order chi connectivity index (χ1) is 11.2. The van der Waals surface area contributed by atoms with Gasteiger partial charge in [-0.1, -0.05) is 12.1 Å². The molecule has 2 heterocycles. The molecule has 0 atom stereocenters. The van der Waals surface area contributed by atoms with Gasteiger partial charge in [-0.05, 0) is 29.8 Å². The summed E-state index contributed by atoms with van der Waals surface area (Å²) in [5, 5.41) is 13.9. The first-order valence-corrected chi connectivity index (χ1v) is 7.03. The van der Waals surface area contributed by atoms with Crippen LogP contribution in [0.25, 0.3) is 10.9 Å². The van der Waals surface area contributed by atoms with E-state index < -0.39 is 5.97 Å². The van der Waals surface area contributed by atoms with E-state index in [-0.39, 0.29) is 5.75 Å². The number of anilines is 1. The number of aromatic nitrogens is 2. The van der Waals surface area contributed by atoms with Crippen molar-refractivity contribution in [2.45, 2.75) is 6.54 Å². The van der Waals surface area contributed by atoms with Crippen LogP contribution in [0, 0.1) is 0 Å². The maximum Gasteiger partial charge on any atom is 0.338 e. The van der Waals surface area contributed by atoms with Crippen molar-refractivity contribution in [1.82, 2.24) is 9.97 Å². The Bertz CT molecular complexity index is 865. The second kappa shape index (κ2) is 6.31. The van der Waals surface area contributed by atoms with Gasteiger partial charge in [-0.3, -0.25) is 4.98 Å². The SMILES string of the molecule is COC(=O)c1ccnc(NCc2ccc(O)c3ncccc23)c1. The van der Waals surface area contributed by atoms with Gasteiger partial charge >= 0.3 is 5.97 Å². The van der Waals surface area contributed by atoms with Crippen molar-refractivity contribution in [1.29, 1.82) is 0 Å². The number of esters is 1. The van der Waals surface area contributed by atoms with Crippen molar-refractivity contribution in [2.75, 3.05) is 12.4 Å². The number of benzene rings is 1. The number of methoxy groups -OCH3 is 1. The van der Waals surface area contributed by atoms with Crippen LogP contribution in [0.2, 0.25) is 0 Å². The van der Waals surface area contributed by atoms with E-state index in [1.165, 1.54) is 7.11 Å². The molecule has 116 valence electrons. The van der Waals surface area contributed by atoms with Crippen LogP contribution in [0.4, 0.5) is 5.82 Å². The van der Waals surface area contributed by atoms with Crippen LogP contribution in [0.5, 0.6) is 5.75 Å². The highest BCUT2D eigenvalue weighted by molar-refractivity contribution is 5.90. The predicted octanol–water partition coefficient (Wildman–Crippen LogP) is 2.73. The molecular weight excluding hydrogens is 294 g/mol. The number of aromatic hydroxyl groups is 1. The Morgan fingerprint density at radius 2 is 2.09 bits per heavy atom. The Morgan fingerprint density at radius 1 is 1.22 bits per heavy atom. The molecule has 3 rings (SSSR count). The lowest BCUT2D eigenvalue weighted by molar-refractivity contribution is 0.0600. The summed E-state index contributed by atoms with van der Waals surface area (Å²) in [5.74, 6) is 0.308. The van der Waals surface area contributed by atoms with E-state index in [9.17, 15) is 9.90 Å². The van der Waals surface area contributed by atoms with E-state index >= 15 is 0 Å². The molecule has 2 aromatic heterocycles. The van der Waals surface area contributed by atoms with Crippen molar-refractivity contribution in [3.8, 4) is 5.75 Å². The molecule has 1 aromatic carbocycles. The molecule has 0 aliphatic rings. The maximum atomic E-state index is 11.5. The van der Waals surface area contributed by atoms with Crippen LogP contribution in [-0.4, -0.2) is 28.2 Å². The number of pyridine rings is 2. The highest BCUT2D eigenvalue weighted by Gasteiger charge is 2.08. The zero-order chi connectivity index (χ0) is 16.2. The van der Waals surface area contributed by atoms with Gasteiger partial charge in [0.05, 0.1) is 12.7 Å². The number of carbonyl (C=O) groups is 1. The van der Waals surface area contributed by atoms with Gasteiger partial charge in [0, 0.05) is 24.3 Å². The van der Waals surface area contributed by atoms with E-state index in [0.717, 1.165) is 10.9 Å². The molecule has 6 heteroatoms. The van der Waals surface area contributed by atoms with Gasteiger partial charge in [0.1, 0.15) is 17.1 Å². The van der Waals surface area contributed by atoms with E-state index in [1.807, 2.05) is 18.2 Å². The van der Waals surface area contributed by atoms with E-state index in [0.29, 0.717) is 23.4 Å². The fourth-order valence-electron chi connectivity index (χ4n) is 2.33. The zero-order valence-electron chi connectivity index (χ0n) is 12.5. The number of ether oxygens (including phenoxy) is 1. The van der Waals surface area contributed by atoms with E-state index in [4.69, 9.17) is 4.74 Å². The zero-order valence-corrected chi connectivity index (χ0v) is 12.5. The van der Waals surface area contributed by atoms with Gasteiger partial charge in [0.25, 0.3) is 0 Å². The Balaban J connectivity index is 1.84. The molecular formula is C17H15N3O3. The predicted molar refractivity (Wildman–Crippen MR) is 86.3 cm³/mol. The van der Waals surface area contributed by atoms with Crippen molar-refractivity contribution in [2.24, 2.45) is 0 Å². The molecule has 0 radical (unpaired) electrons. The average molecular weight is 309 g/mol. The minimum absolute atomic E-state index is 0.148. The normalized spacial score (nSPS) is 10.5. The molecule has 0 spiro atoms. The van der Waals surface area contributed by atoms with Gasteiger partial charge in [-0.2, -0.15) is 0 Å². The number of hydrogen-bond acceptors (Lipinski definition) is 6. The van der Waals surface area contributed by atoms with Crippen molar-refractivity contribution >= 4 is 22.7 Å². The summed E-state index contributed by atoms with van der Waals surface area (Å²) in [6.07, 6.45) is 3.19. The number of nitrogens with zero attached hydrogens (tertiary/aromatic N) is 2. The quantitative estimate of drug-likeness (QED) is 0.721. The van der Waals surface area contributed by atoms with Crippen LogP contribution in [0.3, 0.4) is 0 Å². The minimum atomic E-state index is -0.408. The molecule has 2 N–H and O–H groups in total. The molecule has 0 aliphatic heterocycles. The lowest BCUT2D eigenvalue weighted by Crippen LogP contribution is -2.05. The summed E-state index contributed by atoms with van der Waals surface area (Å²) in [6.45, 7) is 0.486. The fourth-order valence-corrected chi connectivity index (χ4v) is 2.33. The summed E-state index contributed by atoms with van der Waals surface area (Å²) >= 11 is 0. The van der Waals surface area contributed by atoms with E-state index in [2.05, 4.69) is 15.3 Å². The smallest absolute Gasteiger partial charge is 0.338 e. The summed E-state index contributed by atoms with van der Waals surface area (Å²) in [7, 11) is 1.34. The van der Waals surface area contributed by atoms with Gasteiger partial charge in [-0.15, -0.1) is 0 Å². The average Bonchev–Trinajstić information content (AvgIpc) is 2.61. The number of rotatable bonds is 4.